The predicted molar refractivity (Wildman–Crippen MR) is 126 cm³/mol. The summed E-state index contributed by atoms with van der Waals surface area (Å²) in [6, 6.07) is 21.9. The van der Waals surface area contributed by atoms with Crippen molar-refractivity contribution in [2.45, 2.75) is 25.5 Å². The van der Waals surface area contributed by atoms with E-state index in [1.165, 1.54) is 0 Å². The Morgan fingerprint density at radius 1 is 0.939 bits per heavy atom. The van der Waals surface area contributed by atoms with Gasteiger partial charge < -0.3 is 10.1 Å². The van der Waals surface area contributed by atoms with E-state index < -0.39 is 11.7 Å². The van der Waals surface area contributed by atoms with Gasteiger partial charge in [-0.3, -0.25) is 14.7 Å². The molecule has 0 spiro atoms. The predicted octanol–water partition coefficient (Wildman–Crippen LogP) is 5.36. The molecule has 5 rings (SSSR count). The van der Waals surface area contributed by atoms with Gasteiger partial charge in [0.2, 0.25) is 0 Å². The average Bonchev–Trinajstić information content (AvgIpc) is 3.08. The summed E-state index contributed by atoms with van der Waals surface area (Å²) in [6.07, 6.45) is 2.87. The lowest BCUT2D eigenvalue weighted by Gasteiger charge is -2.29. The summed E-state index contributed by atoms with van der Waals surface area (Å²) in [5.41, 5.74) is 1.99. The van der Waals surface area contributed by atoms with Crippen LogP contribution in [0.5, 0.6) is 0 Å². The second-order valence-corrected chi connectivity index (χ2v) is 8.39. The van der Waals surface area contributed by atoms with E-state index in [4.69, 9.17) is 4.74 Å². The third kappa shape index (κ3) is 3.78. The van der Waals surface area contributed by atoms with Crippen LogP contribution in [0.25, 0.3) is 10.9 Å². The maximum absolute atomic E-state index is 12.9. The van der Waals surface area contributed by atoms with Crippen LogP contribution in [0.2, 0.25) is 0 Å². The molecule has 1 unspecified atom stereocenters. The molecule has 7 heteroatoms. The number of carbonyl (C=O) groups is 2. The fraction of sp³-hybridized carbons (Fsp3) is 0.154. The molecular weight excluding hydrogens is 416 g/mol. The molecule has 1 saturated heterocycles. The van der Waals surface area contributed by atoms with Crippen molar-refractivity contribution in [2.24, 2.45) is 0 Å². The zero-order valence-corrected chi connectivity index (χ0v) is 18.2. The molecule has 2 aromatic carbocycles. The molecule has 2 amide bonds. The van der Waals surface area contributed by atoms with E-state index in [0.717, 1.165) is 10.9 Å². The highest BCUT2D eigenvalue weighted by Gasteiger charge is 2.49. The maximum atomic E-state index is 12.9. The first-order chi connectivity index (χ1) is 15.9. The van der Waals surface area contributed by atoms with Crippen LogP contribution in [-0.2, 0) is 4.74 Å². The van der Waals surface area contributed by atoms with Gasteiger partial charge in [-0.15, -0.1) is 0 Å². The minimum Gasteiger partial charge on any atom is -0.441 e. The molecule has 1 N–H and O–H groups in total. The molecule has 0 bridgehead atoms. The Morgan fingerprint density at radius 2 is 1.70 bits per heavy atom. The van der Waals surface area contributed by atoms with Gasteiger partial charge in [-0.05, 0) is 55.8 Å². The van der Waals surface area contributed by atoms with E-state index in [-0.39, 0.29) is 11.9 Å². The summed E-state index contributed by atoms with van der Waals surface area (Å²) in [6.45, 7) is 3.80. The zero-order valence-electron chi connectivity index (χ0n) is 18.2. The summed E-state index contributed by atoms with van der Waals surface area (Å²) in [7, 11) is 0. The zero-order chi connectivity index (χ0) is 23.0. The van der Waals surface area contributed by atoms with Crippen LogP contribution in [0.1, 0.15) is 35.8 Å². The Bertz CT molecular complexity index is 1330. The Hall–Kier alpha value is -4.26. The van der Waals surface area contributed by atoms with Crippen LogP contribution in [-0.4, -0.2) is 27.6 Å². The van der Waals surface area contributed by atoms with Crippen molar-refractivity contribution in [3.05, 3.63) is 96.3 Å². The second-order valence-electron chi connectivity index (χ2n) is 8.39. The molecule has 0 radical (unpaired) electrons. The SMILES string of the molecule is CC1(C)OC(=O)N(c2ccc(C(=O)Nc3nccc4cccnc34)cc2)C1c1ccccc1. The van der Waals surface area contributed by atoms with E-state index in [2.05, 4.69) is 15.3 Å². The van der Waals surface area contributed by atoms with Crippen LogP contribution in [0.4, 0.5) is 16.3 Å². The normalized spacial score (nSPS) is 17.1. The summed E-state index contributed by atoms with van der Waals surface area (Å²) < 4.78 is 5.67. The minimum atomic E-state index is -0.707. The molecule has 1 atom stereocenters. The summed E-state index contributed by atoms with van der Waals surface area (Å²) in [5.74, 6) is 0.0901. The van der Waals surface area contributed by atoms with Crippen molar-refractivity contribution >= 4 is 34.4 Å². The van der Waals surface area contributed by atoms with Gasteiger partial charge in [0.15, 0.2) is 5.82 Å². The topological polar surface area (TPSA) is 84.4 Å². The number of fused-ring (bicyclic) bond motifs is 1. The molecule has 33 heavy (non-hydrogen) atoms. The van der Waals surface area contributed by atoms with Gasteiger partial charge >= 0.3 is 6.09 Å². The van der Waals surface area contributed by atoms with Crippen molar-refractivity contribution in [1.29, 1.82) is 0 Å². The number of cyclic esters (lactones) is 1. The number of nitrogens with one attached hydrogen (secondary N) is 1. The van der Waals surface area contributed by atoms with Crippen molar-refractivity contribution in [3.8, 4) is 0 Å². The van der Waals surface area contributed by atoms with Gasteiger partial charge in [0, 0.05) is 29.0 Å². The lowest BCUT2D eigenvalue weighted by atomic mass is 9.91. The molecule has 4 aromatic rings. The van der Waals surface area contributed by atoms with Crippen LogP contribution < -0.4 is 10.2 Å². The maximum Gasteiger partial charge on any atom is 0.415 e. The van der Waals surface area contributed by atoms with Crippen molar-refractivity contribution in [1.82, 2.24) is 9.97 Å². The number of aromatic nitrogens is 2. The Labute approximate surface area is 191 Å². The number of carbonyl (C=O) groups excluding carboxylic acids is 2. The first-order valence-electron chi connectivity index (χ1n) is 10.6. The Morgan fingerprint density at radius 3 is 2.45 bits per heavy atom. The Balaban J connectivity index is 1.42. The first-order valence-corrected chi connectivity index (χ1v) is 10.6. The van der Waals surface area contributed by atoms with Crippen LogP contribution >= 0.6 is 0 Å². The van der Waals surface area contributed by atoms with Crippen LogP contribution in [0, 0.1) is 0 Å². The van der Waals surface area contributed by atoms with Gasteiger partial charge in [0.1, 0.15) is 17.2 Å². The molecule has 1 aliphatic rings. The molecule has 1 aliphatic heterocycles. The van der Waals surface area contributed by atoms with Crippen molar-refractivity contribution < 1.29 is 14.3 Å². The van der Waals surface area contributed by atoms with E-state index >= 15 is 0 Å². The average molecular weight is 438 g/mol. The summed E-state index contributed by atoms with van der Waals surface area (Å²) >= 11 is 0. The van der Waals surface area contributed by atoms with E-state index in [0.29, 0.717) is 22.6 Å². The fourth-order valence-corrected chi connectivity index (χ4v) is 4.23. The van der Waals surface area contributed by atoms with E-state index in [9.17, 15) is 9.59 Å². The van der Waals surface area contributed by atoms with E-state index in [1.54, 1.807) is 41.6 Å². The van der Waals surface area contributed by atoms with Crippen molar-refractivity contribution in [2.75, 3.05) is 10.2 Å². The van der Waals surface area contributed by atoms with Crippen molar-refractivity contribution in [3.63, 3.8) is 0 Å². The standard InChI is InChI=1S/C26H22N4O3/c1-26(2)22(18-7-4-3-5-8-18)30(25(32)33-26)20-12-10-19(11-13-20)24(31)29-23-21-17(14-16-28-23)9-6-15-27-21/h3-16,22H,1-2H3,(H,28,29,31). The third-order valence-electron chi connectivity index (χ3n) is 5.74. The quantitative estimate of drug-likeness (QED) is 0.464. The molecular formula is C26H22N4O3. The number of benzene rings is 2. The molecule has 7 nitrogen and oxygen atoms in total. The van der Waals surface area contributed by atoms with Gasteiger partial charge in [-0.25, -0.2) is 9.78 Å². The lowest BCUT2D eigenvalue weighted by molar-refractivity contribution is 0.0685. The van der Waals surface area contributed by atoms with Gasteiger partial charge in [-0.1, -0.05) is 36.4 Å². The smallest absolute Gasteiger partial charge is 0.415 e. The van der Waals surface area contributed by atoms with Crippen LogP contribution in [0.3, 0.4) is 0 Å². The van der Waals surface area contributed by atoms with E-state index in [1.807, 2.05) is 62.4 Å². The van der Waals surface area contributed by atoms with Gasteiger partial charge in [0.05, 0.1) is 0 Å². The number of anilines is 2. The number of hydrogen-bond donors (Lipinski definition) is 1. The number of rotatable bonds is 4. The monoisotopic (exact) mass is 438 g/mol. The minimum absolute atomic E-state index is 0.295. The second kappa shape index (κ2) is 8.02. The van der Waals surface area contributed by atoms with Gasteiger partial charge in [-0.2, -0.15) is 0 Å². The lowest BCUT2D eigenvalue weighted by Crippen LogP contribution is -2.33. The number of ether oxygens (including phenoxy) is 1. The summed E-state index contributed by atoms with van der Waals surface area (Å²) in [4.78, 5) is 35.8. The number of amides is 2. The highest BCUT2D eigenvalue weighted by Crippen LogP contribution is 2.43. The molecule has 0 saturated carbocycles. The summed E-state index contributed by atoms with van der Waals surface area (Å²) in [5, 5.41) is 3.72. The number of hydrogen-bond acceptors (Lipinski definition) is 5. The Kier molecular flexibility index (Phi) is 5.01. The van der Waals surface area contributed by atoms with Crippen LogP contribution in [0.15, 0.2) is 85.2 Å². The fourth-order valence-electron chi connectivity index (χ4n) is 4.23. The highest BCUT2D eigenvalue weighted by atomic mass is 16.6. The van der Waals surface area contributed by atoms with Gasteiger partial charge in [0.25, 0.3) is 5.91 Å². The highest BCUT2D eigenvalue weighted by molar-refractivity contribution is 6.07. The molecule has 2 aromatic heterocycles. The third-order valence-corrected chi connectivity index (χ3v) is 5.74. The first kappa shape index (κ1) is 20.6. The molecule has 3 heterocycles. The largest absolute Gasteiger partial charge is 0.441 e. The number of pyridine rings is 2. The molecule has 0 aliphatic carbocycles. The molecule has 1 fully saturated rings. The molecule has 164 valence electrons. The number of nitrogens with zero attached hydrogens (tertiary/aromatic N) is 3.